The first-order valence-electron chi connectivity index (χ1n) is 11.9. The molecular formula is C27H28ClN5S. The highest BCUT2D eigenvalue weighted by molar-refractivity contribution is 7.99. The molecule has 2 aliphatic rings. The lowest BCUT2D eigenvalue weighted by Gasteiger charge is -2.21. The molecule has 2 atom stereocenters. The molecule has 2 fully saturated rings. The number of aromatic nitrogens is 4. The normalized spacial score (nSPS) is 21.8. The van der Waals surface area contributed by atoms with Crippen molar-refractivity contribution in [2.24, 2.45) is 13.0 Å². The van der Waals surface area contributed by atoms with Gasteiger partial charge in [0.2, 0.25) is 0 Å². The molecule has 6 rings (SSSR count). The minimum Gasteiger partial charge on any atom is -0.305 e. The van der Waals surface area contributed by atoms with Crippen LogP contribution in [0.1, 0.15) is 24.1 Å². The number of hydrogen-bond donors (Lipinski definition) is 0. The number of rotatable bonds is 7. The van der Waals surface area contributed by atoms with E-state index in [0.717, 1.165) is 62.8 Å². The Morgan fingerprint density at radius 2 is 1.94 bits per heavy atom. The van der Waals surface area contributed by atoms with Gasteiger partial charge in [0.15, 0.2) is 11.0 Å². The third-order valence-electron chi connectivity index (χ3n) is 7.41. The molecule has 0 bridgehead atoms. The van der Waals surface area contributed by atoms with Crippen molar-refractivity contribution in [1.82, 2.24) is 24.6 Å². The number of halogens is 1. The molecule has 0 spiro atoms. The third-order valence-corrected chi connectivity index (χ3v) is 8.77. The Morgan fingerprint density at radius 1 is 1.09 bits per heavy atom. The van der Waals surface area contributed by atoms with Gasteiger partial charge in [0.25, 0.3) is 0 Å². The molecule has 2 aromatic heterocycles. The first-order chi connectivity index (χ1) is 16.5. The van der Waals surface area contributed by atoms with Gasteiger partial charge in [0, 0.05) is 53.0 Å². The lowest BCUT2D eigenvalue weighted by molar-refractivity contribution is 0.299. The third kappa shape index (κ3) is 4.02. The van der Waals surface area contributed by atoms with Crippen LogP contribution in [0.3, 0.4) is 0 Å². The largest absolute Gasteiger partial charge is 0.305 e. The van der Waals surface area contributed by atoms with Gasteiger partial charge < -0.3 is 9.47 Å². The molecule has 174 valence electrons. The van der Waals surface area contributed by atoms with E-state index in [-0.39, 0.29) is 0 Å². The zero-order chi connectivity index (χ0) is 23.3. The first kappa shape index (κ1) is 22.1. The zero-order valence-corrected chi connectivity index (χ0v) is 21.1. The molecule has 1 aliphatic carbocycles. The Kier molecular flexibility index (Phi) is 5.63. The second kappa shape index (κ2) is 8.67. The maximum atomic E-state index is 6.09. The lowest BCUT2D eigenvalue weighted by Crippen LogP contribution is -2.27. The predicted octanol–water partition coefficient (Wildman–Crippen LogP) is 5.75. The molecule has 34 heavy (non-hydrogen) atoms. The van der Waals surface area contributed by atoms with E-state index in [0.29, 0.717) is 5.41 Å². The number of benzene rings is 2. The Hall–Kier alpha value is -2.41. The summed E-state index contributed by atoms with van der Waals surface area (Å²) in [6.07, 6.45) is 2.48. The van der Waals surface area contributed by atoms with Gasteiger partial charge in [0.1, 0.15) is 0 Å². The molecule has 2 aromatic carbocycles. The number of aryl methyl sites for hydroxylation is 1. The molecule has 0 radical (unpaired) electrons. The Morgan fingerprint density at radius 3 is 2.79 bits per heavy atom. The van der Waals surface area contributed by atoms with Crippen LogP contribution in [0.5, 0.6) is 0 Å². The highest BCUT2D eigenvalue weighted by Gasteiger charge is 2.60. The number of piperidine rings is 1. The average Bonchev–Trinajstić information content (AvgIpc) is 3.21. The SMILES string of the molecule is Cc1ccc2cc(-c3nnc(SCCCN4CC5CC5(c5ccc(Cl)cc5)C4)n3C)ccc2n1. The average molecular weight is 490 g/mol. The second-order valence-electron chi connectivity index (χ2n) is 9.73. The van der Waals surface area contributed by atoms with Crippen LogP contribution in [0.4, 0.5) is 0 Å². The van der Waals surface area contributed by atoms with Gasteiger partial charge in [-0.25, -0.2) is 0 Å². The van der Waals surface area contributed by atoms with Crippen LogP contribution in [-0.4, -0.2) is 50.0 Å². The van der Waals surface area contributed by atoms with E-state index < -0.39 is 0 Å². The van der Waals surface area contributed by atoms with Crippen LogP contribution >= 0.6 is 23.4 Å². The zero-order valence-electron chi connectivity index (χ0n) is 19.5. The number of fused-ring (bicyclic) bond motifs is 2. The molecule has 0 N–H and O–H groups in total. The monoisotopic (exact) mass is 489 g/mol. The smallest absolute Gasteiger partial charge is 0.191 e. The van der Waals surface area contributed by atoms with Crippen LogP contribution in [0.15, 0.2) is 59.8 Å². The number of thioether (sulfide) groups is 1. The van der Waals surface area contributed by atoms with Gasteiger partial charge >= 0.3 is 0 Å². The summed E-state index contributed by atoms with van der Waals surface area (Å²) >= 11 is 7.89. The van der Waals surface area contributed by atoms with Crippen molar-refractivity contribution in [3.8, 4) is 11.4 Å². The molecular weight excluding hydrogens is 462 g/mol. The summed E-state index contributed by atoms with van der Waals surface area (Å²) in [6.45, 7) is 5.55. The predicted molar refractivity (Wildman–Crippen MR) is 139 cm³/mol. The summed E-state index contributed by atoms with van der Waals surface area (Å²) in [4.78, 5) is 7.23. The molecule has 1 saturated heterocycles. The molecule has 5 nitrogen and oxygen atoms in total. The van der Waals surface area contributed by atoms with E-state index in [4.69, 9.17) is 11.6 Å². The van der Waals surface area contributed by atoms with Gasteiger partial charge in [-0.1, -0.05) is 41.6 Å². The number of nitrogens with zero attached hydrogens (tertiary/aromatic N) is 5. The van der Waals surface area contributed by atoms with Gasteiger partial charge in [-0.15, -0.1) is 10.2 Å². The maximum absolute atomic E-state index is 6.09. The van der Waals surface area contributed by atoms with Gasteiger partial charge in [-0.3, -0.25) is 4.98 Å². The Labute approximate surface area is 209 Å². The number of likely N-dealkylation sites (tertiary alicyclic amines) is 1. The van der Waals surface area contributed by atoms with Crippen molar-refractivity contribution in [2.45, 2.75) is 30.3 Å². The molecule has 1 saturated carbocycles. The van der Waals surface area contributed by atoms with Crippen molar-refractivity contribution >= 4 is 34.3 Å². The molecule has 1 aliphatic heterocycles. The van der Waals surface area contributed by atoms with E-state index in [1.165, 1.54) is 25.1 Å². The highest BCUT2D eigenvalue weighted by Crippen LogP contribution is 2.59. The topological polar surface area (TPSA) is 46.8 Å². The maximum Gasteiger partial charge on any atom is 0.191 e. The molecule has 7 heteroatoms. The minimum atomic E-state index is 0.379. The summed E-state index contributed by atoms with van der Waals surface area (Å²) in [5.41, 5.74) is 4.96. The van der Waals surface area contributed by atoms with E-state index in [1.807, 2.05) is 25.1 Å². The van der Waals surface area contributed by atoms with E-state index in [1.54, 1.807) is 11.8 Å². The first-order valence-corrected chi connectivity index (χ1v) is 13.3. The fourth-order valence-electron chi connectivity index (χ4n) is 5.50. The summed E-state index contributed by atoms with van der Waals surface area (Å²) in [5, 5.41) is 11.9. The van der Waals surface area contributed by atoms with Crippen molar-refractivity contribution in [2.75, 3.05) is 25.4 Å². The van der Waals surface area contributed by atoms with Crippen LogP contribution in [0.25, 0.3) is 22.3 Å². The van der Waals surface area contributed by atoms with Crippen molar-refractivity contribution < 1.29 is 0 Å². The second-order valence-corrected chi connectivity index (χ2v) is 11.2. The number of hydrogen-bond acceptors (Lipinski definition) is 5. The van der Waals surface area contributed by atoms with Gasteiger partial charge in [-0.05, 0) is 74.2 Å². The van der Waals surface area contributed by atoms with Crippen molar-refractivity contribution in [3.05, 3.63) is 70.9 Å². The van der Waals surface area contributed by atoms with Crippen LogP contribution in [0, 0.1) is 12.8 Å². The molecule has 4 aromatic rings. The quantitative estimate of drug-likeness (QED) is 0.244. The number of pyridine rings is 1. The van der Waals surface area contributed by atoms with Gasteiger partial charge in [-0.2, -0.15) is 0 Å². The standard InChI is InChI=1S/C27H28ClN5S/c1-18-4-5-19-14-20(6-11-24(19)29-18)25-30-31-26(32(25)2)34-13-3-12-33-16-22-15-27(22,17-33)21-7-9-23(28)10-8-21/h4-11,14,22H,3,12-13,15-17H2,1-2H3. The van der Waals surface area contributed by atoms with Crippen LogP contribution in [0.2, 0.25) is 5.02 Å². The van der Waals surface area contributed by atoms with E-state index in [9.17, 15) is 0 Å². The fourth-order valence-corrected chi connectivity index (χ4v) is 6.46. The summed E-state index contributed by atoms with van der Waals surface area (Å²) < 4.78 is 2.11. The molecule has 0 amide bonds. The lowest BCUT2D eigenvalue weighted by atomic mass is 9.95. The molecule has 3 heterocycles. The summed E-state index contributed by atoms with van der Waals surface area (Å²) in [6, 6.07) is 19.0. The highest BCUT2D eigenvalue weighted by atomic mass is 35.5. The Balaban J connectivity index is 1.04. The fraction of sp³-hybridized carbons (Fsp3) is 0.370. The van der Waals surface area contributed by atoms with Crippen molar-refractivity contribution in [3.63, 3.8) is 0 Å². The molecule has 2 unspecified atom stereocenters. The van der Waals surface area contributed by atoms with E-state index >= 15 is 0 Å². The van der Waals surface area contributed by atoms with E-state index in [2.05, 4.69) is 68.1 Å². The minimum absolute atomic E-state index is 0.379. The van der Waals surface area contributed by atoms with Gasteiger partial charge in [0.05, 0.1) is 5.52 Å². The summed E-state index contributed by atoms with van der Waals surface area (Å²) in [5.74, 6) is 2.75. The van der Waals surface area contributed by atoms with Crippen LogP contribution < -0.4 is 0 Å². The summed E-state index contributed by atoms with van der Waals surface area (Å²) in [7, 11) is 2.05. The Bertz CT molecular complexity index is 1350. The van der Waals surface area contributed by atoms with Crippen molar-refractivity contribution in [1.29, 1.82) is 0 Å². The van der Waals surface area contributed by atoms with Crippen LogP contribution in [-0.2, 0) is 12.5 Å².